The molecule has 56 heavy (non-hydrogen) atoms. The summed E-state index contributed by atoms with van der Waals surface area (Å²) >= 11 is 7.75. The summed E-state index contributed by atoms with van der Waals surface area (Å²) in [6, 6.07) is 11.3. The first-order chi connectivity index (χ1) is 26.5. The SMILES string of the molecule is C=C[C@@H]1C[C@]1(NC(=O)[C@@H]1C[C@@H](Oc2ncc(OC)c3ccc(Cl)cc23)CN1C(=O)[C@@H](Nc1nc(-c2cccc(C)c2)cs1)C(C)(C)C)C(=O)NS(=O)(=O)C1CC1. The van der Waals surface area contributed by atoms with E-state index in [0.717, 1.165) is 16.8 Å². The number of nitrogens with zero attached hydrogens (tertiary/aromatic N) is 3. The number of halogens is 1. The van der Waals surface area contributed by atoms with Crippen molar-refractivity contribution in [2.75, 3.05) is 19.0 Å². The molecule has 1 saturated heterocycles. The molecule has 3 amide bonds. The van der Waals surface area contributed by atoms with Crippen LogP contribution in [0.3, 0.4) is 0 Å². The highest BCUT2D eigenvalue weighted by atomic mass is 35.5. The van der Waals surface area contributed by atoms with E-state index in [2.05, 4.69) is 26.9 Å². The number of sulfonamides is 1. The first-order valence-corrected chi connectivity index (χ1v) is 21.2. The Morgan fingerprint density at radius 1 is 1.14 bits per heavy atom. The zero-order valence-electron chi connectivity index (χ0n) is 31.8. The fourth-order valence-electron chi connectivity index (χ4n) is 7.19. The first kappa shape index (κ1) is 39.5. The summed E-state index contributed by atoms with van der Waals surface area (Å²) in [4.78, 5) is 53.7. The van der Waals surface area contributed by atoms with Crippen molar-refractivity contribution in [2.24, 2.45) is 11.3 Å². The Morgan fingerprint density at radius 3 is 2.57 bits per heavy atom. The molecule has 0 spiro atoms. The summed E-state index contributed by atoms with van der Waals surface area (Å²) in [6.45, 7) is 11.6. The molecule has 3 aliphatic rings. The van der Waals surface area contributed by atoms with E-state index in [-0.39, 0.29) is 31.2 Å². The standard InChI is InChI=1S/C40H45ClN6O7S2/c1-7-24-18-40(24,37(50)46-56(51,52)27-12-13-27)45-34(48)31-17-26(54-35-29-16-25(41)11-14-28(29)32(53-6)19-42-35)20-47(31)36(49)33(39(3,4)5)44-38-43-30(21-55-38)23-10-8-9-22(2)15-23/h7-11,14-16,19,21,24,26-27,31,33H,1,12-13,17-18,20H2,2-6H3,(H,43,44)(H,45,48)(H,46,50)/t24-,26-,31+,33-,40-/m1/s1. The van der Waals surface area contributed by atoms with Gasteiger partial charge in [-0.05, 0) is 55.9 Å². The van der Waals surface area contributed by atoms with E-state index in [0.29, 0.717) is 39.5 Å². The van der Waals surface area contributed by atoms with Crippen LogP contribution in [-0.4, -0.2) is 83.6 Å². The fraction of sp³-hybridized carbons (Fsp3) is 0.425. The number of nitrogens with one attached hydrogen (secondary N) is 3. The number of benzene rings is 2. The molecule has 0 bridgehead atoms. The number of carbonyl (C=O) groups excluding carboxylic acids is 3. The van der Waals surface area contributed by atoms with Gasteiger partial charge in [0.1, 0.15) is 29.5 Å². The first-order valence-electron chi connectivity index (χ1n) is 18.4. The molecule has 3 heterocycles. The largest absolute Gasteiger partial charge is 0.494 e. The molecule has 2 aromatic carbocycles. The molecule has 1 aliphatic heterocycles. The van der Waals surface area contributed by atoms with Crippen LogP contribution < -0.4 is 24.8 Å². The molecule has 4 aromatic rings. The average molecular weight is 821 g/mol. The lowest BCUT2D eigenvalue weighted by Gasteiger charge is -2.35. The van der Waals surface area contributed by atoms with Gasteiger partial charge in [-0.15, -0.1) is 17.9 Å². The molecule has 2 aliphatic carbocycles. The number of hydrogen-bond donors (Lipinski definition) is 3. The van der Waals surface area contributed by atoms with Gasteiger partial charge in [0.15, 0.2) is 5.13 Å². The van der Waals surface area contributed by atoms with Gasteiger partial charge in [0.05, 0.1) is 30.8 Å². The highest BCUT2D eigenvalue weighted by molar-refractivity contribution is 7.91. The highest BCUT2D eigenvalue weighted by Gasteiger charge is 2.62. The molecule has 2 saturated carbocycles. The van der Waals surface area contributed by atoms with Crippen molar-refractivity contribution in [1.82, 2.24) is 24.9 Å². The zero-order chi connectivity index (χ0) is 40.2. The minimum atomic E-state index is -3.89. The third-order valence-corrected chi connectivity index (χ3v) is 13.4. The molecular weight excluding hydrogens is 776 g/mol. The lowest BCUT2D eigenvalue weighted by atomic mass is 9.85. The molecule has 2 aromatic heterocycles. The molecule has 7 rings (SSSR count). The maximum atomic E-state index is 14.9. The van der Waals surface area contributed by atoms with Crippen molar-refractivity contribution < 1.29 is 32.3 Å². The van der Waals surface area contributed by atoms with E-state index in [9.17, 15) is 22.8 Å². The second-order valence-electron chi connectivity index (χ2n) is 15.8. The summed E-state index contributed by atoms with van der Waals surface area (Å²) in [5.41, 5.74) is 0.623. The van der Waals surface area contributed by atoms with Crippen molar-refractivity contribution in [3.63, 3.8) is 0 Å². The molecule has 5 atom stereocenters. The van der Waals surface area contributed by atoms with Gasteiger partial charge in [0.25, 0.3) is 5.91 Å². The van der Waals surface area contributed by atoms with Crippen LogP contribution >= 0.6 is 22.9 Å². The molecule has 0 unspecified atom stereocenters. The van der Waals surface area contributed by atoms with Crippen LogP contribution in [0.2, 0.25) is 5.02 Å². The number of aryl methyl sites for hydroxylation is 1. The topological polar surface area (TPSA) is 169 Å². The van der Waals surface area contributed by atoms with Crippen LogP contribution in [0.1, 0.15) is 52.0 Å². The van der Waals surface area contributed by atoms with Crippen LogP contribution in [0.25, 0.3) is 22.0 Å². The number of rotatable bonds is 13. The Bertz CT molecular complexity index is 2320. The van der Waals surface area contributed by atoms with E-state index in [1.54, 1.807) is 18.2 Å². The number of thiazole rings is 1. The summed E-state index contributed by atoms with van der Waals surface area (Å²) < 4.78 is 39.7. The maximum absolute atomic E-state index is 14.9. The number of pyridine rings is 1. The van der Waals surface area contributed by atoms with Crippen LogP contribution in [-0.2, 0) is 24.4 Å². The third-order valence-electron chi connectivity index (χ3n) is 10.6. The number of ether oxygens (including phenoxy) is 2. The highest BCUT2D eigenvalue weighted by Crippen LogP contribution is 2.46. The van der Waals surface area contributed by atoms with Crippen LogP contribution in [0.15, 0.2) is 66.7 Å². The fourth-order valence-corrected chi connectivity index (χ4v) is 9.47. The molecule has 296 valence electrons. The van der Waals surface area contributed by atoms with Crippen molar-refractivity contribution in [3.05, 3.63) is 77.3 Å². The number of fused-ring (bicyclic) bond motifs is 1. The maximum Gasteiger partial charge on any atom is 0.259 e. The van der Waals surface area contributed by atoms with Gasteiger partial charge in [-0.1, -0.05) is 62.2 Å². The lowest BCUT2D eigenvalue weighted by Crippen LogP contribution is -2.58. The Hall–Kier alpha value is -4.73. The van der Waals surface area contributed by atoms with E-state index in [1.165, 1.54) is 35.6 Å². The molecule has 3 N–H and O–H groups in total. The lowest BCUT2D eigenvalue weighted by molar-refractivity contribution is -0.141. The number of amides is 3. The van der Waals surface area contributed by atoms with Gasteiger partial charge in [0.2, 0.25) is 27.7 Å². The smallest absolute Gasteiger partial charge is 0.259 e. The van der Waals surface area contributed by atoms with Gasteiger partial charge in [-0.2, -0.15) is 0 Å². The van der Waals surface area contributed by atoms with Crippen LogP contribution in [0, 0.1) is 18.3 Å². The Morgan fingerprint density at radius 2 is 1.91 bits per heavy atom. The van der Waals surface area contributed by atoms with E-state index in [4.69, 9.17) is 26.1 Å². The molecule has 0 radical (unpaired) electrons. The summed E-state index contributed by atoms with van der Waals surface area (Å²) in [6.07, 6.45) is 3.50. The summed E-state index contributed by atoms with van der Waals surface area (Å²) in [5.74, 6) is -1.56. The van der Waals surface area contributed by atoms with Crippen LogP contribution in [0.4, 0.5) is 5.13 Å². The predicted molar refractivity (Wildman–Crippen MR) is 216 cm³/mol. The second-order valence-corrected chi connectivity index (χ2v) is 19.1. The van der Waals surface area contributed by atoms with Crippen molar-refractivity contribution in [2.45, 2.75) is 82.4 Å². The predicted octanol–water partition coefficient (Wildman–Crippen LogP) is 5.87. The van der Waals surface area contributed by atoms with E-state index < -0.39 is 62.1 Å². The minimum absolute atomic E-state index is 0.00744. The van der Waals surface area contributed by atoms with E-state index >= 15 is 0 Å². The number of hydrogen-bond acceptors (Lipinski definition) is 11. The summed E-state index contributed by atoms with van der Waals surface area (Å²) in [5, 5.41) is 9.80. The quantitative estimate of drug-likeness (QED) is 0.139. The van der Waals surface area contributed by atoms with Crippen molar-refractivity contribution >= 4 is 66.6 Å². The Kier molecular flexibility index (Phi) is 10.6. The minimum Gasteiger partial charge on any atom is -0.494 e. The number of carbonyl (C=O) groups is 3. The van der Waals surface area contributed by atoms with Gasteiger partial charge in [-0.25, -0.2) is 18.4 Å². The summed E-state index contributed by atoms with van der Waals surface area (Å²) in [7, 11) is -2.36. The van der Waals surface area contributed by atoms with Gasteiger partial charge in [0, 0.05) is 39.1 Å². The van der Waals surface area contributed by atoms with Gasteiger partial charge < -0.3 is 25.0 Å². The monoisotopic (exact) mass is 820 g/mol. The van der Waals surface area contributed by atoms with Crippen LogP contribution in [0.5, 0.6) is 11.6 Å². The molecule has 16 heteroatoms. The second kappa shape index (κ2) is 15.0. The normalized spacial score (nSPS) is 22.6. The third kappa shape index (κ3) is 7.94. The Labute approximate surface area is 335 Å². The Balaban J connectivity index is 1.19. The number of likely N-dealkylation sites (tertiary alicyclic amines) is 1. The van der Waals surface area contributed by atoms with Gasteiger partial charge in [-0.3, -0.25) is 19.1 Å². The van der Waals surface area contributed by atoms with Crippen molar-refractivity contribution in [3.8, 4) is 22.9 Å². The van der Waals surface area contributed by atoms with Gasteiger partial charge >= 0.3 is 0 Å². The average Bonchev–Trinajstić information content (AvgIpc) is 4.04. The number of aromatic nitrogens is 2. The zero-order valence-corrected chi connectivity index (χ0v) is 34.2. The van der Waals surface area contributed by atoms with Crippen molar-refractivity contribution in [1.29, 1.82) is 0 Å². The van der Waals surface area contributed by atoms with E-state index in [1.807, 2.05) is 57.3 Å². The molecular formula is C40H45ClN6O7S2. The number of methoxy groups -OCH3 is 1. The molecule has 3 fully saturated rings. The molecule has 13 nitrogen and oxygen atoms in total. The number of anilines is 1.